The van der Waals surface area contributed by atoms with Crippen LogP contribution in [-0.4, -0.2) is 53.7 Å². The summed E-state index contributed by atoms with van der Waals surface area (Å²) in [4.78, 5) is 13.2. The highest BCUT2D eigenvalue weighted by molar-refractivity contribution is 5.78. The van der Waals surface area contributed by atoms with E-state index in [9.17, 15) is 9.90 Å². The predicted molar refractivity (Wildman–Crippen MR) is 60.8 cm³/mol. The van der Waals surface area contributed by atoms with Crippen LogP contribution in [0.15, 0.2) is 0 Å². The molecule has 0 bridgehead atoms. The Labute approximate surface area is 96.0 Å². The van der Waals surface area contributed by atoms with E-state index in [4.69, 9.17) is 5.73 Å². The Bertz CT molecular complexity index is 260. The fraction of sp³-hybridized carbons (Fsp3) is 0.909. The molecule has 2 fully saturated rings. The largest absolute Gasteiger partial charge is 0.382 e. The zero-order valence-corrected chi connectivity index (χ0v) is 9.56. The molecule has 2 aliphatic rings. The molecule has 1 amide bonds. The molecule has 3 atom stereocenters. The molecule has 2 heterocycles. The minimum Gasteiger partial charge on any atom is -0.382 e. The van der Waals surface area contributed by atoms with Crippen LogP contribution in [0.1, 0.15) is 25.7 Å². The molecule has 0 saturated carbocycles. The van der Waals surface area contributed by atoms with Crippen molar-refractivity contribution in [2.24, 2.45) is 5.73 Å². The topological polar surface area (TPSA) is 78.6 Å². The second-order valence-electron chi connectivity index (χ2n) is 4.82. The number of nitrogens with zero attached hydrogens (tertiary/aromatic N) is 1. The van der Waals surface area contributed by atoms with Gasteiger partial charge in [-0.15, -0.1) is 0 Å². The van der Waals surface area contributed by atoms with Gasteiger partial charge in [0.15, 0.2) is 0 Å². The highest BCUT2D eigenvalue weighted by Crippen LogP contribution is 2.26. The molecule has 0 aliphatic carbocycles. The number of carbonyl (C=O) groups is 1. The summed E-state index contributed by atoms with van der Waals surface area (Å²) >= 11 is 0. The molecule has 2 saturated heterocycles. The van der Waals surface area contributed by atoms with Gasteiger partial charge in [0.05, 0.1) is 0 Å². The predicted octanol–water partition coefficient (Wildman–Crippen LogP) is -0.951. The van der Waals surface area contributed by atoms with E-state index in [0.717, 1.165) is 13.0 Å². The van der Waals surface area contributed by atoms with Gasteiger partial charge in [0.2, 0.25) is 5.91 Å². The van der Waals surface area contributed by atoms with Gasteiger partial charge in [0, 0.05) is 25.2 Å². The number of aliphatic hydroxyl groups excluding tert-OH is 1. The Morgan fingerprint density at radius 2 is 2.25 bits per heavy atom. The fourth-order valence-corrected chi connectivity index (χ4v) is 2.85. The second-order valence-corrected chi connectivity index (χ2v) is 4.82. The number of carbonyl (C=O) groups excluding carboxylic acids is 1. The van der Waals surface area contributed by atoms with Crippen LogP contribution in [0.25, 0.3) is 0 Å². The van der Waals surface area contributed by atoms with Crippen molar-refractivity contribution in [1.29, 1.82) is 0 Å². The van der Waals surface area contributed by atoms with Gasteiger partial charge in [-0.1, -0.05) is 6.42 Å². The molecule has 0 radical (unpaired) electrons. The number of nitrogens with two attached hydrogens (primary N) is 1. The number of nitrogens with one attached hydrogen (secondary N) is 1. The van der Waals surface area contributed by atoms with Gasteiger partial charge in [-0.2, -0.15) is 0 Å². The van der Waals surface area contributed by atoms with Gasteiger partial charge in [-0.05, 0) is 25.8 Å². The average Bonchev–Trinajstić information content (AvgIpc) is 2.69. The molecule has 16 heavy (non-hydrogen) atoms. The molecule has 0 aromatic rings. The van der Waals surface area contributed by atoms with Gasteiger partial charge >= 0.3 is 0 Å². The number of piperidine rings is 1. The lowest BCUT2D eigenvalue weighted by molar-refractivity contribution is -0.125. The molecule has 2 rings (SSSR count). The Kier molecular flexibility index (Phi) is 3.78. The maximum absolute atomic E-state index is 10.7. The van der Waals surface area contributed by atoms with E-state index in [0.29, 0.717) is 12.1 Å². The molecule has 0 spiro atoms. The first kappa shape index (κ1) is 11.8. The minimum atomic E-state index is -1.06. The lowest BCUT2D eigenvalue weighted by Crippen LogP contribution is -2.48. The average molecular weight is 227 g/mol. The van der Waals surface area contributed by atoms with E-state index in [-0.39, 0.29) is 6.54 Å². The van der Waals surface area contributed by atoms with Crippen LogP contribution in [0.2, 0.25) is 0 Å². The van der Waals surface area contributed by atoms with Crippen molar-refractivity contribution in [2.75, 3.05) is 19.6 Å². The standard InChI is InChI=1S/C11H21N3O2/c12-11(16)10(15)7-13-8-4-6-14-5-2-1-3-9(8)14/h8-10,13,15H,1-7H2,(H2,12,16). The second kappa shape index (κ2) is 5.12. The third-order valence-corrected chi connectivity index (χ3v) is 3.76. The van der Waals surface area contributed by atoms with Crippen LogP contribution in [0, 0.1) is 0 Å². The summed E-state index contributed by atoms with van der Waals surface area (Å²) in [6.07, 6.45) is 3.86. The third-order valence-electron chi connectivity index (χ3n) is 3.76. The van der Waals surface area contributed by atoms with E-state index < -0.39 is 12.0 Å². The Morgan fingerprint density at radius 3 is 3.00 bits per heavy atom. The molecule has 92 valence electrons. The quantitative estimate of drug-likeness (QED) is 0.578. The fourth-order valence-electron chi connectivity index (χ4n) is 2.85. The van der Waals surface area contributed by atoms with Crippen LogP contribution in [-0.2, 0) is 4.79 Å². The van der Waals surface area contributed by atoms with Gasteiger partial charge in [-0.25, -0.2) is 0 Å². The number of fused-ring (bicyclic) bond motifs is 1. The van der Waals surface area contributed by atoms with Crippen molar-refractivity contribution in [3.05, 3.63) is 0 Å². The highest BCUT2D eigenvalue weighted by atomic mass is 16.3. The molecule has 5 heteroatoms. The van der Waals surface area contributed by atoms with Gasteiger partial charge in [0.1, 0.15) is 6.10 Å². The number of rotatable bonds is 4. The molecule has 0 aromatic heterocycles. The lowest BCUT2D eigenvalue weighted by Gasteiger charge is -2.32. The van der Waals surface area contributed by atoms with Crippen molar-refractivity contribution >= 4 is 5.91 Å². The van der Waals surface area contributed by atoms with Crippen molar-refractivity contribution < 1.29 is 9.90 Å². The Morgan fingerprint density at radius 1 is 1.44 bits per heavy atom. The smallest absolute Gasteiger partial charge is 0.247 e. The monoisotopic (exact) mass is 227 g/mol. The van der Waals surface area contributed by atoms with Gasteiger partial charge < -0.3 is 16.2 Å². The van der Waals surface area contributed by atoms with Gasteiger partial charge in [-0.3, -0.25) is 9.69 Å². The summed E-state index contributed by atoms with van der Waals surface area (Å²) in [5, 5.41) is 12.6. The summed E-state index contributed by atoms with van der Waals surface area (Å²) in [7, 11) is 0. The molecular weight excluding hydrogens is 206 g/mol. The van der Waals surface area contributed by atoms with E-state index in [2.05, 4.69) is 10.2 Å². The Balaban J connectivity index is 1.79. The normalized spacial score (nSPS) is 32.3. The first-order valence-corrected chi connectivity index (χ1v) is 6.13. The van der Waals surface area contributed by atoms with Crippen LogP contribution in [0.5, 0.6) is 0 Å². The van der Waals surface area contributed by atoms with E-state index in [1.165, 1.54) is 25.8 Å². The maximum Gasteiger partial charge on any atom is 0.247 e. The molecule has 2 aliphatic heterocycles. The van der Waals surface area contributed by atoms with Crippen molar-refractivity contribution in [1.82, 2.24) is 10.2 Å². The van der Waals surface area contributed by atoms with Crippen LogP contribution in [0.4, 0.5) is 0 Å². The SMILES string of the molecule is NC(=O)C(O)CNC1CCN2CCCCC12. The summed E-state index contributed by atoms with van der Waals surface area (Å²) in [5.74, 6) is -0.647. The molecule has 4 N–H and O–H groups in total. The minimum absolute atomic E-state index is 0.282. The molecule has 5 nitrogen and oxygen atoms in total. The maximum atomic E-state index is 10.7. The molecular formula is C11H21N3O2. The summed E-state index contributed by atoms with van der Waals surface area (Å²) in [6.45, 7) is 2.61. The zero-order valence-electron chi connectivity index (χ0n) is 9.56. The van der Waals surface area contributed by atoms with Crippen LogP contribution in [0.3, 0.4) is 0 Å². The summed E-state index contributed by atoms with van der Waals surface area (Å²) < 4.78 is 0. The van der Waals surface area contributed by atoms with Crippen LogP contribution < -0.4 is 11.1 Å². The Hall–Kier alpha value is -0.650. The van der Waals surface area contributed by atoms with E-state index >= 15 is 0 Å². The molecule has 3 unspecified atom stereocenters. The first-order chi connectivity index (χ1) is 7.68. The van der Waals surface area contributed by atoms with E-state index in [1.807, 2.05) is 0 Å². The number of hydrogen-bond donors (Lipinski definition) is 3. The number of amides is 1. The van der Waals surface area contributed by atoms with Gasteiger partial charge in [0.25, 0.3) is 0 Å². The summed E-state index contributed by atoms with van der Waals surface area (Å²) in [5.41, 5.74) is 5.01. The van der Waals surface area contributed by atoms with Crippen LogP contribution >= 0.6 is 0 Å². The van der Waals surface area contributed by atoms with Crippen molar-refractivity contribution in [2.45, 2.75) is 43.9 Å². The van der Waals surface area contributed by atoms with E-state index in [1.54, 1.807) is 0 Å². The highest BCUT2D eigenvalue weighted by Gasteiger charge is 2.35. The first-order valence-electron chi connectivity index (χ1n) is 6.13. The number of aliphatic hydroxyl groups is 1. The van der Waals surface area contributed by atoms with Crippen molar-refractivity contribution in [3.8, 4) is 0 Å². The number of hydrogen-bond acceptors (Lipinski definition) is 4. The summed E-state index contributed by atoms with van der Waals surface area (Å²) in [6, 6.07) is 1.00. The third kappa shape index (κ3) is 2.53. The number of primary amides is 1. The zero-order chi connectivity index (χ0) is 11.5. The van der Waals surface area contributed by atoms with Crippen molar-refractivity contribution in [3.63, 3.8) is 0 Å². The lowest BCUT2D eigenvalue weighted by atomic mass is 9.99. The molecule has 0 aromatic carbocycles.